The van der Waals surface area contributed by atoms with Gasteiger partial charge in [0.2, 0.25) is 0 Å². The van der Waals surface area contributed by atoms with Gasteiger partial charge in [-0.05, 0) is 29.8 Å². The molecule has 98 valence electrons. The molecular weight excluding hydrogens is 288 g/mol. The van der Waals surface area contributed by atoms with Crippen LogP contribution in [0.2, 0.25) is 10.0 Å². The van der Waals surface area contributed by atoms with Crippen LogP contribution in [0, 0.1) is 5.82 Å². The lowest BCUT2D eigenvalue weighted by molar-refractivity contribution is 0.0993. The third-order valence-corrected chi connectivity index (χ3v) is 3.56. The van der Waals surface area contributed by atoms with Gasteiger partial charge in [-0.15, -0.1) is 0 Å². The zero-order valence-electron chi connectivity index (χ0n) is 9.79. The summed E-state index contributed by atoms with van der Waals surface area (Å²) in [5, 5.41) is 0.701. The minimum Gasteiger partial charge on any atom is -0.398 e. The van der Waals surface area contributed by atoms with Gasteiger partial charge in [0.15, 0.2) is 5.78 Å². The van der Waals surface area contributed by atoms with E-state index in [1.54, 1.807) is 18.2 Å². The quantitative estimate of drug-likeness (QED) is 0.683. The molecule has 0 amide bonds. The molecule has 0 aliphatic carbocycles. The summed E-state index contributed by atoms with van der Waals surface area (Å²) in [6.07, 6.45) is 0.0209. The normalized spacial score (nSPS) is 10.5. The highest BCUT2D eigenvalue weighted by atomic mass is 35.5. The molecule has 0 spiro atoms. The highest BCUT2D eigenvalue weighted by Gasteiger charge is 2.14. The van der Waals surface area contributed by atoms with Gasteiger partial charge in [0, 0.05) is 17.7 Å². The maximum Gasteiger partial charge on any atom is 0.169 e. The van der Waals surface area contributed by atoms with Crippen LogP contribution in [0.4, 0.5) is 10.1 Å². The Labute approximate surface area is 119 Å². The Kier molecular flexibility index (Phi) is 4.08. The van der Waals surface area contributed by atoms with Crippen LogP contribution < -0.4 is 5.73 Å². The summed E-state index contributed by atoms with van der Waals surface area (Å²) < 4.78 is 13.1. The van der Waals surface area contributed by atoms with Crippen LogP contribution in [0.1, 0.15) is 15.9 Å². The molecule has 0 aromatic heterocycles. The number of hydrogen-bond acceptors (Lipinski definition) is 2. The fourth-order valence-electron chi connectivity index (χ4n) is 1.72. The molecule has 0 bridgehead atoms. The minimum atomic E-state index is -0.505. The molecule has 2 rings (SSSR count). The van der Waals surface area contributed by atoms with Crippen molar-refractivity contribution in [2.75, 3.05) is 5.73 Å². The Hall–Kier alpha value is -1.58. The number of nitrogen functional groups attached to an aromatic ring is 1. The van der Waals surface area contributed by atoms with Crippen molar-refractivity contribution in [3.05, 3.63) is 63.4 Å². The van der Waals surface area contributed by atoms with Crippen molar-refractivity contribution >= 4 is 34.7 Å². The van der Waals surface area contributed by atoms with E-state index in [0.717, 1.165) is 6.07 Å². The van der Waals surface area contributed by atoms with E-state index in [9.17, 15) is 9.18 Å². The zero-order valence-corrected chi connectivity index (χ0v) is 11.3. The molecule has 5 heteroatoms. The molecule has 19 heavy (non-hydrogen) atoms. The topological polar surface area (TPSA) is 43.1 Å². The third-order valence-electron chi connectivity index (χ3n) is 2.70. The third kappa shape index (κ3) is 3.06. The van der Waals surface area contributed by atoms with Crippen molar-refractivity contribution in [3.63, 3.8) is 0 Å². The highest BCUT2D eigenvalue weighted by molar-refractivity contribution is 6.42. The minimum absolute atomic E-state index is 0.0209. The van der Waals surface area contributed by atoms with E-state index in [0.29, 0.717) is 15.6 Å². The molecule has 2 aromatic rings. The molecular formula is C14H10Cl2FNO. The summed E-state index contributed by atoms with van der Waals surface area (Å²) in [6.45, 7) is 0. The molecule has 2 nitrogen and oxygen atoms in total. The number of rotatable bonds is 3. The summed E-state index contributed by atoms with van der Waals surface area (Å²) in [7, 11) is 0. The number of benzene rings is 2. The molecule has 2 N–H and O–H groups in total. The lowest BCUT2D eigenvalue weighted by Gasteiger charge is -2.07. The molecule has 0 aliphatic rings. The van der Waals surface area contributed by atoms with Crippen LogP contribution in [0.3, 0.4) is 0 Å². The number of Topliss-reactive ketones (excluding diaryl/α,β-unsaturated/α-hetero) is 1. The van der Waals surface area contributed by atoms with E-state index >= 15 is 0 Å². The Balaban J connectivity index is 2.31. The number of hydrogen-bond donors (Lipinski definition) is 1. The fourth-order valence-corrected chi connectivity index (χ4v) is 2.11. The summed E-state index contributed by atoms with van der Waals surface area (Å²) in [5.41, 5.74) is 6.64. The number of ketones is 1. The van der Waals surface area contributed by atoms with Gasteiger partial charge in [-0.25, -0.2) is 4.39 Å². The van der Waals surface area contributed by atoms with E-state index < -0.39 is 5.82 Å². The first-order valence-corrected chi connectivity index (χ1v) is 6.25. The van der Waals surface area contributed by atoms with Crippen LogP contribution in [-0.2, 0) is 6.42 Å². The second-order valence-electron chi connectivity index (χ2n) is 4.04. The maximum atomic E-state index is 13.1. The van der Waals surface area contributed by atoms with Crippen LogP contribution in [0.25, 0.3) is 0 Å². The van der Waals surface area contributed by atoms with Gasteiger partial charge in [0.1, 0.15) is 5.82 Å². The van der Waals surface area contributed by atoms with Crippen LogP contribution in [0.5, 0.6) is 0 Å². The summed E-state index contributed by atoms with van der Waals surface area (Å²) in [6, 6.07) is 8.72. The second kappa shape index (κ2) is 5.59. The molecule has 0 fully saturated rings. The predicted molar refractivity (Wildman–Crippen MR) is 75.3 cm³/mol. The van der Waals surface area contributed by atoms with E-state index in [2.05, 4.69) is 0 Å². The summed E-state index contributed by atoms with van der Waals surface area (Å²) in [4.78, 5) is 12.1. The molecule has 0 atom stereocenters. The molecule has 0 radical (unpaired) electrons. The van der Waals surface area contributed by atoms with Crippen LogP contribution in [0.15, 0.2) is 36.4 Å². The SMILES string of the molecule is Nc1ccc(F)cc1C(=O)Cc1cccc(Cl)c1Cl. The van der Waals surface area contributed by atoms with Gasteiger partial charge in [-0.3, -0.25) is 4.79 Å². The van der Waals surface area contributed by atoms with Gasteiger partial charge in [0.05, 0.1) is 10.0 Å². The van der Waals surface area contributed by atoms with Crippen molar-refractivity contribution < 1.29 is 9.18 Å². The molecule has 0 aliphatic heterocycles. The van der Waals surface area contributed by atoms with Crippen LogP contribution >= 0.6 is 23.2 Å². The Morgan fingerprint density at radius 1 is 1.21 bits per heavy atom. The lowest BCUT2D eigenvalue weighted by atomic mass is 10.0. The summed E-state index contributed by atoms with van der Waals surface area (Å²) in [5.74, 6) is -0.809. The van der Waals surface area contributed by atoms with E-state index in [1.807, 2.05) is 0 Å². The average Bonchev–Trinajstić information content (AvgIpc) is 2.38. The lowest BCUT2D eigenvalue weighted by Crippen LogP contribution is -2.08. The second-order valence-corrected chi connectivity index (χ2v) is 4.83. The maximum absolute atomic E-state index is 13.1. The van der Waals surface area contributed by atoms with E-state index in [-0.39, 0.29) is 23.5 Å². The van der Waals surface area contributed by atoms with Crippen LogP contribution in [-0.4, -0.2) is 5.78 Å². The van der Waals surface area contributed by atoms with Gasteiger partial charge >= 0.3 is 0 Å². The first kappa shape index (κ1) is 13.8. The first-order chi connectivity index (χ1) is 8.99. The predicted octanol–water partition coefficient (Wildman–Crippen LogP) is 4.14. The fraction of sp³-hybridized carbons (Fsp3) is 0.0714. The van der Waals surface area contributed by atoms with Gasteiger partial charge < -0.3 is 5.73 Å². The van der Waals surface area contributed by atoms with E-state index in [1.165, 1.54) is 12.1 Å². The Morgan fingerprint density at radius 3 is 2.68 bits per heavy atom. The zero-order chi connectivity index (χ0) is 14.0. The van der Waals surface area contributed by atoms with Crippen molar-refractivity contribution in [2.45, 2.75) is 6.42 Å². The Bertz CT molecular complexity index is 643. The van der Waals surface area contributed by atoms with E-state index in [4.69, 9.17) is 28.9 Å². The largest absolute Gasteiger partial charge is 0.398 e. The monoisotopic (exact) mass is 297 g/mol. The number of halogens is 3. The highest BCUT2D eigenvalue weighted by Crippen LogP contribution is 2.27. The van der Waals surface area contributed by atoms with Crippen molar-refractivity contribution in [1.82, 2.24) is 0 Å². The number of anilines is 1. The van der Waals surface area contributed by atoms with Crippen molar-refractivity contribution in [1.29, 1.82) is 0 Å². The smallest absolute Gasteiger partial charge is 0.169 e. The number of nitrogens with two attached hydrogens (primary N) is 1. The van der Waals surface area contributed by atoms with Gasteiger partial charge in [-0.1, -0.05) is 35.3 Å². The van der Waals surface area contributed by atoms with Crippen molar-refractivity contribution in [2.24, 2.45) is 0 Å². The van der Waals surface area contributed by atoms with Gasteiger partial charge in [0.25, 0.3) is 0 Å². The summed E-state index contributed by atoms with van der Waals surface area (Å²) >= 11 is 11.9. The first-order valence-electron chi connectivity index (χ1n) is 5.50. The molecule has 0 unspecified atom stereocenters. The molecule has 0 saturated carbocycles. The Morgan fingerprint density at radius 2 is 1.95 bits per heavy atom. The van der Waals surface area contributed by atoms with Gasteiger partial charge in [-0.2, -0.15) is 0 Å². The standard InChI is InChI=1S/C14H10Cl2FNO/c15-11-3-1-2-8(14(11)16)6-13(19)10-7-9(17)4-5-12(10)18/h1-5,7H,6,18H2. The molecule has 2 aromatic carbocycles. The van der Waals surface area contributed by atoms with Crippen molar-refractivity contribution in [3.8, 4) is 0 Å². The molecule has 0 heterocycles. The number of carbonyl (C=O) groups excluding carboxylic acids is 1. The number of carbonyl (C=O) groups is 1. The molecule has 0 saturated heterocycles. The average molecular weight is 298 g/mol.